The van der Waals surface area contributed by atoms with Gasteiger partial charge in [0.15, 0.2) is 0 Å². The first kappa shape index (κ1) is 18.8. The number of hydrogen-bond donors (Lipinski definition) is 1. The second kappa shape index (κ2) is 8.58. The number of nitrogens with one attached hydrogen (secondary N) is 1. The number of amides is 1. The second-order valence-corrected chi connectivity index (χ2v) is 7.04. The zero-order valence-corrected chi connectivity index (χ0v) is 16.0. The van der Waals surface area contributed by atoms with Crippen LogP contribution in [0.1, 0.15) is 43.7 Å². The van der Waals surface area contributed by atoms with Crippen molar-refractivity contribution >= 4 is 5.91 Å². The van der Waals surface area contributed by atoms with Gasteiger partial charge in [0.1, 0.15) is 6.54 Å². The Morgan fingerprint density at radius 1 is 1.00 bits per heavy atom. The van der Waals surface area contributed by atoms with E-state index in [1.54, 1.807) is 0 Å². The minimum absolute atomic E-state index is 0.0542. The molecule has 6 heteroatoms. The quantitative estimate of drug-likeness (QED) is 0.698. The molecule has 0 aliphatic carbocycles. The van der Waals surface area contributed by atoms with Gasteiger partial charge in [-0.15, -0.1) is 10.2 Å². The predicted molar refractivity (Wildman–Crippen MR) is 105 cm³/mol. The van der Waals surface area contributed by atoms with Crippen molar-refractivity contribution in [1.29, 1.82) is 0 Å². The molecule has 0 saturated heterocycles. The highest BCUT2D eigenvalue weighted by Crippen LogP contribution is 2.19. The number of carbonyl (C=O) groups excluding carboxylic acids is 1. The van der Waals surface area contributed by atoms with E-state index in [0.29, 0.717) is 18.3 Å². The van der Waals surface area contributed by atoms with Crippen molar-refractivity contribution in [2.24, 2.45) is 0 Å². The molecule has 3 aromatic rings. The zero-order valence-electron chi connectivity index (χ0n) is 16.0. The van der Waals surface area contributed by atoms with Gasteiger partial charge in [0.05, 0.1) is 0 Å². The van der Waals surface area contributed by atoms with E-state index in [1.165, 1.54) is 15.9 Å². The normalized spacial score (nSPS) is 12.1. The number of rotatable bonds is 7. The van der Waals surface area contributed by atoms with Crippen molar-refractivity contribution in [3.8, 4) is 11.4 Å². The molecule has 6 nitrogen and oxygen atoms in total. The van der Waals surface area contributed by atoms with E-state index >= 15 is 0 Å². The maximum absolute atomic E-state index is 12.2. The van der Waals surface area contributed by atoms with E-state index in [2.05, 4.69) is 65.8 Å². The summed E-state index contributed by atoms with van der Waals surface area (Å²) in [4.78, 5) is 13.5. The molecule has 1 N–H and O–H groups in total. The number of nitrogens with zero attached hydrogens (tertiary/aromatic N) is 4. The molecular weight excluding hydrogens is 338 g/mol. The predicted octanol–water partition coefficient (Wildman–Crippen LogP) is 3.38. The summed E-state index contributed by atoms with van der Waals surface area (Å²) in [5.74, 6) is 1.12. The van der Waals surface area contributed by atoms with Gasteiger partial charge in [-0.2, -0.15) is 4.80 Å². The maximum atomic E-state index is 12.2. The number of hydrogen-bond acceptors (Lipinski definition) is 4. The average molecular weight is 363 g/mol. The van der Waals surface area contributed by atoms with Crippen LogP contribution in [-0.4, -0.2) is 32.7 Å². The van der Waals surface area contributed by atoms with Gasteiger partial charge in [-0.05, 0) is 28.2 Å². The summed E-state index contributed by atoms with van der Waals surface area (Å²) in [6.45, 7) is 7.02. The molecular formula is C21H25N5O. The number of tetrazole rings is 1. The highest BCUT2D eigenvalue weighted by Gasteiger charge is 2.11. The number of benzene rings is 2. The summed E-state index contributed by atoms with van der Waals surface area (Å²) in [5, 5.41) is 15.3. The lowest BCUT2D eigenvalue weighted by Gasteiger charge is -2.12. The van der Waals surface area contributed by atoms with Crippen molar-refractivity contribution in [2.75, 3.05) is 6.54 Å². The topological polar surface area (TPSA) is 72.7 Å². The van der Waals surface area contributed by atoms with Gasteiger partial charge >= 0.3 is 0 Å². The molecule has 140 valence electrons. The molecule has 0 aliphatic rings. The third kappa shape index (κ3) is 5.00. The average Bonchev–Trinajstić information content (AvgIpc) is 3.15. The van der Waals surface area contributed by atoms with Crippen LogP contribution in [0.3, 0.4) is 0 Å². The van der Waals surface area contributed by atoms with Crippen molar-refractivity contribution in [3.63, 3.8) is 0 Å². The second-order valence-electron chi connectivity index (χ2n) is 7.04. The van der Waals surface area contributed by atoms with E-state index in [9.17, 15) is 4.79 Å². The SMILES string of the molecule is CC(C)c1ccc(-c2nnn(CC(=O)NC[C@@H](C)c3ccccc3)n2)cc1. The molecule has 0 fully saturated rings. The summed E-state index contributed by atoms with van der Waals surface area (Å²) in [6, 6.07) is 18.2. The Balaban J connectivity index is 1.54. The molecule has 1 amide bonds. The Kier molecular flexibility index (Phi) is 5.96. The molecule has 0 spiro atoms. The van der Waals surface area contributed by atoms with Crippen molar-refractivity contribution in [1.82, 2.24) is 25.5 Å². The maximum Gasteiger partial charge on any atom is 0.243 e. The molecule has 0 bridgehead atoms. The van der Waals surface area contributed by atoms with Gasteiger partial charge in [-0.3, -0.25) is 4.79 Å². The lowest BCUT2D eigenvalue weighted by atomic mass is 10.0. The highest BCUT2D eigenvalue weighted by atomic mass is 16.2. The van der Waals surface area contributed by atoms with Crippen LogP contribution < -0.4 is 5.32 Å². The first-order valence-electron chi connectivity index (χ1n) is 9.22. The van der Waals surface area contributed by atoms with Crippen LogP contribution in [0, 0.1) is 0 Å². The van der Waals surface area contributed by atoms with E-state index in [4.69, 9.17) is 0 Å². The minimum Gasteiger partial charge on any atom is -0.354 e. The summed E-state index contributed by atoms with van der Waals surface area (Å²) >= 11 is 0. The Hall–Kier alpha value is -3.02. The third-order valence-corrected chi connectivity index (χ3v) is 4.55. The number of carbonyl (C=O) groups is 1. The molecule has 1 aromatic heterocycles. The van der Waals surface area contributed by atoms with Gasteiger partial charge in [-0.25, -0.2) is 0 Å². The molecule has 0 aliphatic heterocycles. The Morgan fingerprint density at radius 2 is 1.70 bits per heavy atom. The van der Waals surface area contributed by atoms with E-state index < -0.39 is 0 Å². The van der Waals surface area contributed by atoms with Crippen molar-refractivity contribution in [3.05, 3.63) is 65.7 Å². The summed E-state index contributed by atoms with van der Waals surface area (Å²) in [5.41, 5.74) is 3.35. The highest BCUT2D eigenvalue weighted by molar-refractivity contribution is 5.75. The van der Waals surface area contributed by atoms with E-state index in [1.807, 2.05) is 30.3 Å². The van der Waals surface area contributed by atoms with Gasteiger partial charge in [0.25, 0.3) is 0 Å². The smallest absolute Gasteiger partial charge is 0.243 e. The molecule has 0 saturated carbocycles. The van der Waals surface area contributed by atoms with Gasteiger partial charge in [-0.1, -0.05) is 75.4 Å². The fourth-order valence-corrected chi connectivity index (χ4v) is 2.79. The van der Waals surface area contributed by atoms with E-state index in [0.717, 1.165) is 5.56 Å². The van der Waals surface area contributed by atoms with Crippen LogP contribution in [0.2, 0.25) is 0 Å². The summed E-state index contributed by atoms with van der Waals surface area (Å²) in [6.07, 6.45) is 0. The minimum atomic E-state index is -0.128. The molecule has 1 heterocycles. The van der Waals surface area contributed by atoms with Crippen molar-refractivity contribution < 1.29 is 4.79 Å². The standard InChI is InChI=1S/C21H25N5O/c1-15(2)17-9-11-19(12-10-17)21-23-25-26(24-21)14-20(27)22-13-16(3)18-7-5-4-6-8-18/h4-12,15-16H,13-14H2,1-3H3,(H,22,27)/t16-/m1/s1. The van der Waals surface area contributed by atoms with Crippen LogP contribution in [0.25, 0.3) is 11.4 Å². The lowest BCUT2D eigenvalue weighted by molar-refractivity contribution is -0.122. The Bertz CT molecular complexity index is 871. The van der Waals surface area contributed by atoms with Gasteiger partial charge < -0.3 is 5.32 Å². The fraction of sp³-hybridized carbons (Fsp3) is 0.333. The van der Waals surface area contributed by atoms with E-state index in [-0.39, 0.29) is 18.4 Å². The lowest BCUT2D eigenvalue weighted by Crippen LogP contribution is -2.31. The molecule has 3 rings (SSSR count). The Morgan fingerprint density at radius 3 is 2.37 bits per heavy atom. The summed E-state index contributed by atoms with van der Waals surface area (Å²) < 4.78 is 0. The largest absolute Gasteiger partial charge is 0.354 e. The van der Waals surface area contributed by atoms with Crippen LogP contribution in [0.15, 0.2) is 54.6 Å². The monoisotopic (exact) mass is 363 g/mol. The summed E-state index contributed by atoms with van der Waals surface area (Å²) in [7, 11) is 0. The van der Waals surface area contributed by atoms with Gasteiger partial charge in [0.2, 0.25) is 11.7 Å². The van der Waals surface area contributed by atoms with Gasteiger partial charge in [0, 0.05) is 12.1 Å². The molecule has 1 atom stereocenters. The number of aromatic nitrogens is 4. The molecule has 27 heavy (non-hydrogen) atoms. The third-order valence-electron chi connectivity index (χ3n) is 4.55. The van der Waals surface area contributed by atoms with Crippen LogP contribution in [0.4, 0.5) is 0 Å². The van der Waals surface area contributed by atoms with Crippen LogP contribution >= 0.6 is 0 Å². The molecule has 0 radical (unpaired) electrons. The fourth-order valence-electron chi connectivity index (χ4n) is 2.79. The zero-order chi connectivity index (χ0) is 19.2. The van der Waals surface area contributed by atoms with Crippen molar-refractivity contribution in [2.45, 2.75) is 39.2 Å². The molecule has 2 aromatic carbocycles. The molecule has 0 unspecified atom stereocenters. The van der Waals surface area contributed by atoms with Crippen LogP contribution in [-0.2, 0) is 11.3 Å². The van der Waals surface area contributed by atoms with Crippen LogP contribution in [0.5, 0.6) is 0 Å². The first-order valence-corrected chi connectivity index (χ1v) is 9.22. The Labute approximate surface area is 159 Å². The first-order chi connectivity index (χ1) is 13.0.